The summed E-state index contributed by atoms with van der Waals surface area (Å²) in [5.74, 6) is -0.0116. The summed E-state index contributed by atoms with van der Waals surface area (Å²) in [6.45, 7) is 5.96. The Morgan fingerprint density at radius 2 is 1.89 bits per heavy atom. The molecule has 0 unspecified atom stereocenters. The highest BCUT2D eigenvalue weighted by molar-refractivity contribution is 5.85. The summed E-state index contributed by atoms with van der Waals surface area (Å²) in [6, 6.07) is 0. The van der Waals surface area contributed by atoms with E-state index in [-0.39, 0.29) is 11.3 Å². The fourth-order valence-electron chi connectivity index (χ4n) is 0.465. The molecule has 0 bridgehead atoms. The first-order valence-electron chi connectivity index (χ1n) is 3.03. The Bertz CT molecular complexity index is 102. The van der Waals surface area contributed by atoms with Crippen LogP contribution in [0.4, 0.5) is 0 Å². The molecule has 0 aliphatic rings. The predicted molar refractivity (Wildman–Crippen MR) is 37.8 cm³/mol. The minimum absolute atomic E-state index is 0.0116. The molecule has 0 aromatic carbocycles. The second-order valence-electron chi connectivity index (χ2n) is 3.12. The van der Waals surface area contributed by atoms with Gasteiger partial charge in [0, 0.05) is 7.05 Å². The van der Waals surface area contributed by atoms with Gasteiger partial charge in [-0.3, -0.25) is 4.79 Å². The van der Waals surface area contributed by atoms with E-state index in [1.807, 2.05) is 20.8 Å². The number of carbonyl (C=O) groups is 1. The van der Waals surface area contributed by atoms with Gasteiger partial charge in [0.2, 0.25) is 5.91 Å². The first kappa shape index (κ1) is 8.47. The van der Waals surface area contributed by atoms with Gasteiger partial charge in [0.1, 0.15) is 0 Å². The molecule has 2 nitrogen and oxygen atoms in total. The average Bonchev–Trinajstić information content (AvgIpc) is 1.62. The molecule has 53 valence electrons. The van der Waals surface area contributed by atoms with E-state index in [0.717, 1.165) is 0 Å². The van der Waals surface area contributed by atoms with Crippen LogP contribution in [-0.4, -0.2) is 13.0 Å². The first-order valence-corrected chi connectivity index (χ1v) is 3.03. The number of nitrogens with one attached hydrogen (secondary N) is 1. The third kappa shape index (κ3) is 5.34. The number of amides is 1. The van der Waals surface area contributed by atoms with E-state index in [1.54, 1.807) is 13.5 Å². The van der Waals surface area contributed by atoms with Crippen LogP contribution in [-0.2, 0) is 4.79 Å². The zero-order chi connectivity index (χ0) is 7.49. The molecule has 1 amide bonds. The lowest BCUT2D eigenvalue weighted by Gasteiger charge is -2.15. The monoisotopic (exact) mass is 128 g/mol. The fourth-order valence-corrected chi connectivity index (χ4v) is 0.465. The van der Waals surface area contributed by atoms with Crippen LogP contribution in [0.15, 0.2) is 0 Å². The summed E-state index contributed by atoms with van der Waals surface area (Å²) in [6.07, 6.45) is 1.66. The van der Waals surface area contributed by atoms with Crippen molar-refractivity contribution in [1.29, 1.82) is 0 Å². The lowest BCUT2D eigenvalue weighted by Crippen LogP contribution is -2.24. The van der Waals surface area contributed by atoms with Crippen molar-refractivity contribution in [3.05, 3.63) is 6.42 Å². The van der Waals surface area contributed by atoms with Crippen LogP contribution < -0.4 is 5.32 Å². The van der Waals surface area contributed by atoms with Crippen molar-refractivity contribution in [1.82, 2.24) is 5.32 Å². The number of hydrogen-bond acceptors (Lipinski definition) is 1. The Morgan fingerprint density at radius 3 is 2.00 bits per heavy atom. The van der Waals surface area contributed by atoms with Gasteiger partial charge in [0.15, 0.2) is 0 Å². The largest absolute Gasteiger partial charge is 0.359 e. The van der Waals surface area contributed by atoms with Gasteiger partial charge >= 0.3 is 0 Å². The van der Waals surface area contributed by atoms with Gasteiger partial charge in [0.25, 0.3) is 0 Å². The van der Waals surface area contributed by atoms with Gasteiger partial charge in [-0.1, -0.05) is 20.8 Å². The highest BCUT2D eigenvalue weighted by atomic mass is 16.1. The van der Waals surface area contributed by atoms with Crippen LogP contribution >= 0.6 is 0 Å². The van der Waals surface area contributed by atoms with E-state index < -0.39 is 0 Å². The Balaban J connectivity index is 3.60. The first-order chi connectivity index (χ1) is 3.95. The number of carbonyl (C=O) groups excluding carboxylic acids is 1. The van der Waals surface area contributed by atoms with E-state index in [9.17, 15) is 4.79 Å². The van der Waals surface area contributed by atoms with E-state index in [4.69, 9.17) is 0 Å². The van der Waals surface area contributed by atoms with Crippen molar-refractivity contribution in [2.24, 2.45) is 5.41 Å². The van der Waals surface area contributed by atoms with Crippen molar-refractivity contribution in [2.45, 2.75) is 20.8 Å². The standard InChI is InChI=1S/C7H14NO/c1-7(2,3)5-6(9)8-4/h5H,1-4H3,(H,8,9). The molecule has 0 aromatic rings. The van der Waals surface area contributed by atoms with Gasteiger partial charge in [-0.05, 0) is 5.41 Å². The van der Waals surface area contributed by atoms with Crippen molar-refractivity contribution in [2.75, 3.05) is 7.05 Å². The Labute approximate surface area is 56.6 Å². The van der Waals surface area contributed by atoms with E-state index in [1.165, 1.54) is 0 Å². The zero-order valence-electron chi connectivity index (χ0n) is 6.49. The van der Waals surface area contributed by atoms with Gasteiger partial charge in [0.05, 0.1) is 6.42 Å². The molecule has 0 atom stereocenters. The third-order valence-corrected chi connectivity index (χ3v) is 0.811. The number of hydrogen-bond donors (Lipinski definition) is 1. The van der Waals surface area contributed by atoms with Crippen LogP contribution in [0.2, 0.25) is 0 Å². The maximum Gasteiger partial charge on any atom is 0.224 e. The molecule has 0 spiro atoms. The smallest absolute Gasteiger partial charge is 0.224 e. The molecular weight excluding hydrogens is 114 g/mol. The van der Waals surface area contributed by atoms with Crippen LogP contribution in [0.1, 0.15) is 20.8 Å². The van der Waals surface area contributed by atoms with Gasteiger partial charge in [-0.15, -0.1) is 0 Å². The van der Waals surface area contributed by atoms with Gasteiger partial charge in [-0.25, -0.2) is 0 Å². The summed E-state index contributed by atoms with van der Waals surface area (Å²) in [5.41, 5.74) is -0.0138. The molecule has 0 fully saturated rings. The van der Waals surface area contributed by atoms with Crippen molar-refractivity contribution in [3.8, 4) is 0 Å². The maximum atomic E-state index is 10.7. The SMILES string of the molecule is CNC(=O)[CH]C(C)(C)C. The summed E-state index contributed by atoms with van der Waals surface area (Å²) in [7, 11) is 1.63. The molecule has 0 aliphatic heterocycles. The lowest BCUT2D eigenvalue weighted by atomic mass is 9.92. The normalized spacial score (nSPS) is 11.1. The molecule has 2 heteroatoms. The lowest BCUT2D eigenvalue weighted by molar-refractivity contribution is -0.118. The molecule has 0 aliphatic carbocycles. The predicted octanol–water partition coefficient (Wildman–Crippen LogP) is 0.983. The quantitative estimate of drug-likeness (QED) is 0.560. The highest BCUT2D eigenvalue weighted by Gasteiger charge is 2.14. The van der Waals surface area contributed by atoms with E-state index >= 15 is 0 Å². The van der Waals surface area contributed by atoms with Crippen LogP contribution in [0.3, 0.4) is 0 Å². The summed E-state index contributed by atoms with van der Waals surface area (Å²) in [4.78, 5) is 10.7. The molecule has 1 N–H and O–H groups in total. The topological polar surface area (TPSA) is 29.1 Å². The van der Waals surface area contributed by atoms with Crippen LogP contribution in [0.5, 0.6) is 0 Å². The molecule has 0 saturated carbocycles. The Kier molecular flexibility index (Phi) is 2.68. The summed E-state index contributed by atoms with van der Waals surface area (Å²) in [5, 5.41) is 2.53. The maximum absolute atomic E-state index is 10.7. The molecule has 0 heterocycles. The minimum atomic E-state index is -0.0138. The fraction of sp³-hybridized carbons (Fsp3) is 0.714. The summed E-state index contributed by atoms with van der Waals surface area (Å²) >= 11 is 0. The number of rotatable bonds is 1. The van der Waals surface area contributed by atoms with Crippen LogP contribution in [0, 0.1) is 11.8 Å². The van der Waals surface area contributed by atoms with Gasteiger partial charge in [-0.2, -0.15) is 0 Å². The molecule has 9 heavy (non-hydrogen) atoms. The average molecular weight is 128 g/mol. The van der Waals surface area contributed by atoms with Crippen LogP contribution in [0.25, 0.3) is 0 Å². The summed E-state index contributed by atoms with van der Waals surface area (Å²) < 4.78 is 0. The van der Waals surface area contributed by atoms with Crippen molar-refractivity contribution < 1.29 is 4.79 Å². The zero-order valence-corrected chi connectivity index (χ0v) is 6.49. The Hall–Kier alpha value is -0.530. The van der Waals surface area contributed by atoms with Gasteiger partial charge < -0.3 is 5.32 Å². The van der Waals surface area contributed by atoms with Crippen molar-refractivity contribution in [3.63, 3.8) is 0 Å². The molecule has 0 saturated heterocycles. The molecular formula is C7H14NO. The highest BCUT2D eigenvalue weighted by Crippen LogP contribution is 2.16. The second kappa shape index (κ2) is 2.85. The third-order valence-electron chi connectivity index (χ3n) is 0.811. The minimum Gasteiger partial charge on any atom is -0.359 e. The van der Waals surface area contributed by atoms with E-state index in [2.05, 4.69) is 5.32 Å². The second-order valence-corrected chi connectivity index (χ2v) is 3.12. The van der Waals surface area contributed by atoms with Crippen molar-refractivity contribution >= 4 is 5.91 Å². The Morgan fingerprint density at radius 1 is 1.44 bits per heavy atom. The molecule has 0 aromatic heterocycles. The molecule has 0 rings (SSSR count). The van der Waals surface area contributed by atoms with E-state index in [0.29, 0.717) is 0 Å². The molecule has 1 radical (unpaired) electrons.